The van der Waals surface area contributed by atoms with Crippen molar-refractivity contribution in [1.29, 1.82) is 0 Å². The van der Waals surface area contributed by atoms with Gasteiger partial charge in [0.15, 0.2) is 0 Å². The maximum Gasteiger partial charge on any atom is 0.388 e. The molecule has 0 fully saturated rings. The Morgan fingerprint density at radius 2 is 2.00 bits per heavy atom. The Morgan fingerprint density at radius 1 is 1.35 bits per heavy atom. The number of rotatable bonds is 4. The summed E-state index contributed by atoms with van der Waals surface area (Å²) < 4.78 is 45.5. The van der Waals surface area contributed by atoms with E-state index in [1.165, 1.54) is 0 Å². The van der Waals surface area contributed by atoms with Gasteiger partial charge in [0.25, 0.3) is 0 Å². The molecule has 0 saturated heterocycles. The Kier molecular flexibility index (Phi) is 4.30. The lowest BCUT2D eigenvalue weighted by Crippen LogP contribution is -2.15. The number of hydrogen-bond acceptors (Lipinski definition) is 4. The fourth-order valence-electron chi connectivity index (χ4n) is 1.03. The molecule has 0 aliphatic rings. The van der Waals surface area contributed by atoms with Gasteiger partial charge >= 0.3 is 12.6 Å². The summed E-state index contributed by atoms with van der Waals surface area (Å²) in [6, 6.07) is 1.83. The maximum atomic E-state index is 12.7. The minimum atomic E-state index is -3.20. The van der Waals surface area contributed by atoms with Crippen LogP contribution in [0.2, 0.25) is 0 Å². The minimum absolute atomic E-state index is 0.347. The molecule has 17 heavy (non-hydrogen) atoms. The van der Waals surface area contributed by atoms with E-state index in [2.05, 4.69) is 9.72 Å². The average Bonchev–Trinajstić information content (AvgIpc) is 2.15. The molecule has 7 heteroatoms. The minimum Gasteiger partial charge on any atom is -0.459 e. The number of hydrogen-bond donors (Lipinski definition) is 0. The van der Waals surface area contributed by atoms with Crippen molar-refractivity contribution >= 4 is 5.97 Å². The molecular formula is C10H10F3NO3. The molecule has 0 spiro atoms. The van der Waals surface area contributed by atoms with E-state index in [4.69, 9.17) is 4.74 Å². The molecule has 1 rings (SSSR count). The fourth-order valence-corrected chi connectivity index (χ4v) is 1.03. The van der Waals surface area contributed by atoms with Crippen LogP contribution < -0.4 is 4.74 Å². The monoisotopic (exact) mass is 249 g/mol. The van der Waals surface area contributed by atoms with Gasteiger partial charge in [-0.25, -0.2) is 4.79 Å². The summed E-state index contributed by atoms with van der Waals surface area (Å²) in [6.07, 6.45) is -0.438. The van der Waals surface area contributed by atoms with Crippen LogP contribution in [0.4, 0.5) is 13.2 Å². The van der Waals surface area contributed by atoms with Gasteiger partial charge in [0.2, 0.25) is 11.8 Å². The number of ether oxygens (including phenoxy) is 2. The van der Waals surface area contributed by atoms with Crippen LogP contribution in [0.15, 0.2) is 12.1 Å². The molecule has 0 aromatic carbocycles. The summed E-state index contributed by atoms with van der Waals surface area (Å²) >= 11 is 0. The number of halogens is 3. The third kappa shape index (κ3) is 3.93. The first-order chi connectivity index (χ1) is 7.90. The predicted molar refractivity (Wildman–Crippen MR) is 51.4 cm³/mol. The van der Waals surface area contributed by atoms with Crippen molar-refractivity contribution < 1.29 is 27.4 Å². The van der Waals surface area contributed by atoms with Gasteiger partial charge in [-0.15, -0.1) is 0 Å². The molecule has 0 aliphatic heterocycles. The Labute approximate surface area is 95.4 Å². The maximum absolute atomic E-state index is 12.7. The van der Waals surface area contributed by atoms with Crippen molar-refractivity contribution in [3.63, 3.8) is 0 Å². The molecule has 0 amide bonds. The van der Waals surface area contributed by atoms with Gasteiger partial charge in [0, 0.05) is 0 Å². The Morgan fingerprint density at radius 3 is 2.53 bits per heavy atom. The van der Waals surface area contributed by atoms with E-state index >= 15 is 0 Å². The Bertz CT molecular complexity index is 410. The number of alkyl halides is 2. The van der Waals surface area contributed by atoms with E-state index in [-0.39, 0.29) is 5.56 Å². The number of carbonyl (C=O) groups is 1. The van der Waals surface area contributed by atoms with Crippen molar-refractivity contribution in [1.82, 2.24) is 4.98 Å². The first kappa shape index (κ1) is 13.3. The largest absolute Gasteiger partial charge is 0.459 e. The number of aromatic nitrogens is 1. The lowest BCUT2D eigenvalue weighted by atomic mass is 10.2. The van der Waals surface area contributed by atoms with Crippen LogP contribution in [-0.2, 0) is 4.74 Å². The van der Waals surface area contributed by atoms with E-state index in [1.54, 1.807) is 13.8 Å². The van der Waals surface area contributed by atoms with Crippen molar-refractivity contribution in [2.24, 2.45) is 0 Å². The average molecular weight is 249 g/mol. The highest BCUT2D eigenvalue weighted by molar-refractivity contribution is 5.91. The third-order valence-corrected chi connectivity index (χ3v) is 1.59. The van der Waals surface area contributed by atoms with Crippen LogP contribution in [-0.4, -0.2) is 23.7 Å². The summed E-state index contributed by atoms with van der Waals surface area (Å²) in [4.78, 5) is 14.5. The molecule has 0 radical (unpaired) electrons. The van der Waals surface area contributed by atoms with Crippen LogP contribution in [0.5, 0.6) is 5.88 Å². The van der Waals surface area contributed by atoms with Gasteiger partial charge in [-0.05, 0) is 26.0 Å². The van der Waals surface area contributed by atoms with Gasteiger partial charge in [-0.2, -0.15) is 18.2 Å². The zero-order chi connectivity index (χ0) is 13.0. The number of pyridine rings is 1. The zero-order valence-electron chi connectivity index (χ0n) is 9.12. The SMILES string of the molecule is CC(C)OC(=O)c1ccc(F)nc1OC(F)F. The zero-order valence-corrected chi connectivity index (χ0v) is 9.12. The highest BCUT2D eigenvalue weighted by Gasteiger charge is 2.20. The van der Waals surface area contributed by atoms with Gasteiger partial charge < -0.3 is 9.47 Å². The quantitative estimate of drug-likeness (QED) is 0.607. The molecule has 0 unspecified atom stereocenters. The van der Waals surface area contributed by atoms with Crippen LogP contribution in [0.1, 0.15) is 24.2 Å². The standard InChI is InChI=1S/C10H10F3NO3/c1-5(2)16-9(15)6-3-4-7(11)14-8(6)17-10(12)13/h3-5,10H,1-2H3. The molecule has 0 bridgehead atoms. The Hall–Kier alpha value is -1.79. The van der Waals surface area contributed by atoms with Gasteiger partial charge in [0.1, 0.15) is 5.56 Å². The summed E-state index contributed by atoms with van der Waals surface area (Å²) in [5, 5.41) is 0. The van der Waals surface area contributed by atoms with Crippen LogP contribution in [0.25, 0.3) is 0 Å². The molecule has 4 nitrogen and oxygen atoms in total. The third-order valence-electron chi connectivity index (χ3n) is 1.59. The van der Waals surface area contributed by atoms with E-state index in [9.17, 15) is 18.0 Å². The van der Waals surface area contributed by atoms with Crippen molar-refractivity contribution in [2.45, 2.75) is 26.6 Å². The normalized spacial score (nSPS) is 10.8. The summed E-state index contributed by atoms with van der Waals surface area (Å²) in [7, 11) is 0. The highest BCUT2D eigenvalue weighted by Crippen LogP contribution is 2.19. The summed E-state index contributed by atoms with van der Waals surface area (Å²) in [5.74, 6) is -2.71. The fraction of sp³-hybridized carbons (Fsp3) is 0.400. The lowest BCUT2D eigenvalue weighted by molar-refractivity contribution is -0.0539. The smallest absolute Gasteiger partial charge is 0.388 e. The first-order valence-electron chi connectivity index (χ1n) is 4.72. The number of esters is 1. The molecule has 94 valence electrons. The lowest BCUT2D eigenvalue weighted by Gasteiger charge is -2.11. The molecule has 0 saturated carbocycles. The van der Waals surface area contributed by atoms with E-state index in [0.29, 0.717) is 0 Å². The van der Waals surface area contributed by atoms with Gasteiger partial charge in [0.05, 0.1) is 6.10 Å². The Balaban J connectivity index is 3.01. The first-order valence-corrected chi connectivity index (χ1v) is 4.72. The molecule has 1 aromatic rings. The molecule has 1 aromatic heterocycles. The molecule has 0 aliphatic carbocycles. The van der Waals surface area contributed by atoms with Crippen LogP contribution >= 0.6 is 0 Å². The molecule has 0 atom stereocenters. The van der Waals surface area contributed by atoms with Crippen molar-refractivity contribution in [3.05, 3.63) is 23.6 Å². The summed E-state index contributed by atoms with van der Waals surface area (Å²) in [6.45, 7) is -0.0276. The molecule has 1 heterocycles. The summed E-state index contributed by atoms with van der Waals surface area (Å²) in [5.41, 5.74) is -0.347. The highest BCUT2D eigenvalue weighted by atomic mass is 19.3. The second kappa shape index (κ2) is 5.51. The molecular weight excluding hydrogens is 239 g/mol. The van der Waals surface area contributed by atoms with E-state index in [0.717, 1.165) is 12.1 Å². The van der Waals surface area contributed by atoms with Crippen LogP contribution in [0.3, 0.4) is 0 Å². The molecule has 0 N–H and O–H groups in total. The van der Waals surface area contributed by atoms with Crippen molar-refractivity contribution in [2.75, 3.05) is 0 Å². The number of carbonyl (C=O) groups excluding carboxylic acids is 1. The van der Waals surface area contributed by atoms with Gasteiger partial charge in [-0.3, -0.25) is 0 Å². The van der Waals surface area contributed by atoms with Crippen molar-refractivity contribution in [3.8, 4) is 5.88 Å². The predicted octanol–water partition coefficient (Wildman–Crippen LogP) is 2.39. The second-order valence-electron chi connectivity index (χ2n) is 3.32. The number of nitrogens with zero attached hydrogens (tertiary/aromatic N) is 1. The second-order valence-corrected chi connectivity index (χ2v) is 3.32. The van der Waals surface area contributed by atoms with E-state index < -0.39 is 30.5 Å². The van der Waals surface area contributed by atoms with Crippen LogP contribution in [0, 0.1) is 5.95 Å². The van der Waals surface area contributed by atoms with Gasteiger partial charge in [-0.1, -0.05) is 0 Å². The van der Waals surface area contributed by atoms with E-state index in [1.807, 2.05) is 0 Å². The topological polar surface area (TPSA) is 48.4 Å².